The van der Waals surface area contributed by atoms with E-state index in [2.05, 4.69) is 11.9 Å². The largest absolute Gasteiger partial charge is 0.493 e. The smallest absolute Gasteiger partial charge is 0.267 e. The molecule has 9 nitrogen and oxygen atoms in total. The van der Waals surface area contributed by atoms with E-state index in [1.54, 1.807) is 37.1 Å². The first-order valence-electron chi connectivity index (χ1n) is 11.1. The molecule has 0 saturated carbocycles. The highest BCUT2D eigenvalue weighted by molar-refractivity contribution is 5.96. The maximum atomic E-state index is 13.4. The number of aromatic nitrogens is 3. The average molecular weight is 474 g/mol. The molecule has 3 heterocycles. The number of aryl methyl sites for hydroxylation is 3. The van der Waals surface area contributed by atoms with Gasteiger partial charge in [-0.2, -0.15) is 0 Å². The third-order valence-electron chi connectivity index (χ3n) is 5.86. The number of hydrogen-bond acceptors (Lipinski definition) is 6. The monoisotopic (exact) mass is 473 g/mol. The molecule has 1 amide bonds. The molecule has 0 bridgehead atoms. The lowest BCUT2D eigenvalue weighted by Crippen LogP contribution is -2.35. The Hall–Kier alpha value is -4.40. The summed E-state index contributed by atoms with van der Waals surface area (Å²) in [6.07, 6.45) is 3.72. The lowest BCUT2D eigenvalue weighted by molar-refractivity contribution is 0.0955. The van der Waals surface area contributed by atoms with Crippen LogP contribution in [0.4, 0.5) is 0 Å². The van der Waals surface area contributed by atoms with E-state index in [0.29, 0.717) is 35.8 Å². The zero-order valence-electron chi connectivity index (χ0n) is 19.9. The van der Waals surface area contributed by atoms with Gasteiger partial charge < -0.3 is 19.4 Å². The number of carbonyl (C=O) groups excluding carboxylic acids is 1. The maximum Gasteiger partial charge on any atom is 0.267 e. The second-order valence-electron chi connectivity index (χ2n) is 8.04. The molecule has 0 spiro atoms. The Bertz CT molecular complexity index is 1570. The van der Waals surface area contributed by atoms with E-state index in [1.165, 1.54) is 10.5 Å². The van der Waals surface area contributed by atoms with Crippen molar-refractivity contribution in [3.8, 4) is 11.5 Å². The van der Waals surface area contributed by atoms with Gasteiger partial charge in [-0.05, 0) is 48.7 Å². The van der Waals surface area contributed by atoms with E-state index in [4.69, 9.17) is 19.9 Å². The first-order valence-corrected chi connectivity index (χ1v) is 11.1. The van der Waals surface area contributed by atoms with Gasteiger partial charge >= 0.3 is 0 Å². The predicted molar refractivity (Wildman–Crippen MR) is 133 cm³/mol. The summed E-state index contributed by atoms with van der Waals surface area (Å²) in [7, 11) is 3.15. The lowest BCUT2D eigenvalue weighted by Gasteiger charge is -2.16. The Balaban J connectivity index is 1.90. The number of hydrogen-bond donors (Lipinski definition) is 2. The number of nitrogens with zero attached hydrogens (tertiary/aromatic N) is 3. The number of pyridine rings is 2. The summed E-state index contributed by atoms with van der Waals surface area (Å²) in [5.74, 6) is 0.764. The fourth-order valence-electron chi connectivity index (χ4n) is 4.02. The number of fused-ring (bicyclic) bond motifs is 2. The summed E-state index contributed by atoms with van der Waals surface area (Å²) < 4.78 is 13.8. The number of amides is 1. The van der Waals surface area contributed by atoms with Crippen LogP contribution in [-0.4, -0.2) is 40.6 Å². The van der Waals surface area contributed by atoms with Gasteiger partial charge in [0.25, 0.3) is 11.5 Å². The maximum absolute atomic E-state index is 13.4. The quantitative estimate of drug-likeness (QED) is 0.302. The zero-order chi connectivity index (χ0) is 25.1. The third kappa shape index (κ3) is 4.40. The third-order valence-corrected chi connectivity index (χ3v) is 5.86. The molecule has 35 heavy (non-hydrogen) atoms. The van der Waals surface area contributed by atoms with Crippen LogP contribution < -0.4 is 25.8 Å². The molecule has 4 aromatic rings. The molecule has 0 aliphatic heterocycles. The van der Waals surface area contributed by atoms with Gasteiger partial charge in [0.05, 0.1) is 25.2 Å². The highest BCUT2D eigenvalue weighted by Gasteiger charge is 2.18. The Morgan fingerprint density at radius 1 is 1.17 bits per heavy atom. The Labute approximate surface area is 201 Å². The highest BCUT2D eigenvalue weighted by Crippen LogP contribution is 2.28. The molecular formula is C26H27N5O4. The number of benzene rings is 1. The first-order chi connectivity index (χ1) is 16.9. The van der Waals surface area contributed by atoms with Gasteiger partial charge in [0.1, 0.15) is 16.8 Å². The SMILES string of the molecule is C=CCNC(=O)c1cc2c(=O)n3cccc(C)c3nc2n(CCc2ccc(OC)c(OC)c2)c1=N. The summed E-state index contributed by atoms with van der Waals surface area (Å²) in [6.45, 7) is 6.06. The first kappa shape index (κ1) is 23.7. The fraction of sp³-hybridized carbons (Fsp3) is 0.231. The number of rotatable bonds is 8. The second kappa shape index (κ2) is 9.84. The van der Waals surface area contributed by atoms with Crippen molar-refractivity contribution in [2.24, 2.45) is 0 Å². The van der Waals surface area contributed by atoms with Gasteiger partial charge in [-0.15, -0.1) is 6.58 Å². The van der Waals surface area contributed by atoms with Crippen LogP contribution in [0.5, 0.6) is 11.5 Å². The Morgan fingerprint density at radius 2 is 1.94 bits per heavy atom. The Kier molecular flexibility index (Phi) is 6.68. The highest BCUT2D eigenvalue weighted by atomic mass is 16.5. The van der Waals surface area contributed by atoms with Gasteiger partial charge in [-0.3, -0.25) is 19.4 Å². The molecule has 3 aromatic heterocycles. The predicted octanol–water partition coefficient (Wildman–Crippen LogP) is 2.61. The van der Waals surface area contributed by atoms with Crippen LogP contribution >= 0.6 is 0 Å². The summed E-state index contributed by atoms with van der Waals surface area (Å²) >= 11 is 0. The van der Waals surface area contributed by atoms with E-state index >= 15 is 0 Å². The van der Waals surface area contributed by atoms with Crippen LogP contribution in [0.25, 0.3) is 16.7 Å². The molecule has 0 radical (unpaired) electrons. The minimum atomic E-state index is -0.453. The van der Waals surface area contributed by atoms with Crippen molar-refractivity contribution < 1.29 is 14.3 Å². The summed E-state index contributed by atoms with van der Waals surface area (Å²) in [6, 6.07) is 10.7. The minimum Gasteiger partial charge on any atom is -0.493 e. The van der Waals surface area contributed by atoms with Crippen molar-refractivity contribution in [1.82, 2.24) is 19.3 Å². The van der Waals surface area contributed by atoms with Gasteiger partial charge in [0.15, 0.2) is 11.5 Å². The molecule has 0 saturated heterocycles. The van der Waals surface area contributed by atoms with E-state index in [0.717, 1.165) is 11.1 Å². The van der Waals surface area contributed by atoms with E-state index in [-0.39, 0.29) is 28.5 Å². The van der Waals surface area contributed by atoms with Gasteiger partial charge in [-0.25, -0.2) is 4.98 Å². The van der Waals surface area contributed by atoms with Crippen molar-refractivity contribution in [2.75, 3.05) is 20.8 Å². The van der Waals surface area contributed by atoms with E-state index < -0.39 is 5.91 Å². The summed E-state index contributed by atoms with van der Waals surface area (Å²) in [5.41, 5.74) is 2.41. The van der Waals surface area contributed by atoms with Crippen LogP contribution in [0, 0.1) is 12.3 Å². The number of methoxy groups -OCH3 is 2. The summed E-state index contributed by atoms with van der Waals surface area (Å²) in [5, 5.41) is 11.8. The van der Waals surface area contributed by atoms with Crippen LogP contribution in [-0.2, 0) is 13.0 Å². The molecule has 9 heteroatoms. The fourth-order valence-corrected chi connectivity index (χ4v) is 4.02. The number of carbonyl (C=O) groups is 1. The molecule has 1 aromatic carbocycles. The summed E-state index contributed by atoms with van der Waals surface area (Å²) in [4.78, 5) is 31.0. The topological polar surface area (TPSA) is 111 Å². The van der Waals surface area contributed by atoms with Crippen molar-refractivity contribution in [2.45, 2.75) is 19.9 Å². The van der Waals surface area contributed by atoms with Gasteiger partial charge in [-0.1, -0.05) is 18.2 Å². The normalized spacial score (nSPS) is 10.9. The number of ether oxygens (including phenoxy) is 2. The van der Waals surface area contributed by atoms with Gasteiger partial charge in [0, 0.05) is 19.3 Å². The van der Waals surface area contributed by atoms with E-state index in [1.807, 2.05) is 31.2 Å². The Morgan fingerprint density at radius 3 is 2.66 bits per heavy atom. The number of nitrogens with one attached hydrogen (secondary N) is 2. The molecule has 0 fully saturated rings. The van der Waals surface area contributed by atoms with Crippen LogP contribution in [0.15, 0.2) is 60.0 Å². The van der Waals surface area contributed by atoms with Gasteiger partial charge in [0.2, 0.25) is 0 Å². The van der Waals surface area contributed by atoms with Crippen LogP contribution in [0.2, 0.25) is 0 Å². The minimum absolute atomic E-state index is 0.0237. The second-order valence-corrected chi connectivity index (χ2v) is 8.04. The zero-order valence-corrected chi connectivity index (χ0v) is 19.9. The van der Waals surface area contributed by atoms with Crippen molar-refractivity contribution in [3.63, 3.8) is 0 Å². The van der Waals surface area contributed by atoms with Crippen molar-refractivity contribution >= 4 is 22.6 Å². The van der Waals surface area contributed by atoms with Crippen molar-refractivity contribution in [3.05, 3.63) is 87.8 Å². The molecule has 0 atom stereocenters. The standard InChI is InChI=1S/C26H27N5O4/c1-5-11-28-25(32)18-15-19-24(29-23-16(2)7-6-12-31(23)26(19)33)30(22(18)27)13-10-17-8-9-20(34-3)21(14-17)35-4/h5-9,12,14-15,27H,1,10-11,13H2,2-4H3,(H,28,32). The molecule has 2 N–H and O–H groups in total. The van der Waals surface area contributed by atoms with Crippen molar-refractivity contribution in [1.29, 1.82) is 5.41 Å². The molecular weight excluding hydrogens is 446 g/mol. The average Bonchev–Trinajstić information content (AvgIpc) is 2.87. The molecule has 0 aliphatic carbocycles. The lowest BCUT2D eigenvalue weighted by atomic mass is 10.1. The molecule has 4 rings (SSSR count). The van der Waals surface area contributed by atoms with E-state index in [9.17, 15) is 9.59 Å². The molecule has 0 unspecified atom stereocenters. The molecule has 180 valence electrons. The van der Waals surface area contributed by atoms with Crippen LogP contribution in [0.3, 0.4) is 0 Å². The van der Waals surface area contributed by atoms with Crippen LogP contribution in [0.1, 0.15) is 21.5 Å². The molecule has 0 aliphatic rings.